The third-order valence-corrected chi connectivity index (χ3v) is 4.61. The van der Waals surface area contributed by atoms with Gasteiger partial charge in [-0.05, 0) is 48.0 Å². The third-order valence-electron chi connectivity index (χ3n) is 4.61. The predicted molar refractivity (Wildman–Crippen MR) is 123 cm³/mol. The van der Waals surface area contributed by atoms with E-state index in [1.165, 1.54) is 0 Å². The minimum absolute atomic E-state index is 0.177. The van der Waals surface area contributed by atoms with Gasteiger partial charge in [0.05, 0.1) is 30.2 Å². The number of pyridine rings is 1. The Kier molecular flexibility index (Phi) is 5.71. The van der Waals surface area contributed by atoms with Crippen molar-refractivity contribution in [2.45, 2.75) is 0 Å². The molecule has 0 atom stereocenters. The zero-order chi connectivity index (χ0) is 20.8. The number of para-hydroxylation sites is 1. The molecule has 0 amide bonds. The molecule has 0 aliphatic rings. The van der Waals surface area contributed by atoms with Crippen LogP contribution in [0.3, 0.4) is 0 Å². The number of hydrogen-bond acceptors (Lipinski definition) is 5. The van der Waals surface area contributed by atoms with Crippen molar-refractivity contribution in [3.63, 3.8) is 0 Å². The molecule has 1 aromatic heterocycles. The minimum atomic E-state index is 0.177. The summed E-state index contributed by atoms with van der Waals surface area (Å²) >= 11 is 0. The highest BCUT2D eigenvalue weighted by atomic mass is 16.5. The number of phenols is 1. The molecule has 148 valence electrons. The van der Waals surface area contributed by atoms with Crippen molar-refractivity contribution in [3.8, 4) is 11.5 Å². The van der Waals surface area contributed by atoms with Crippen LogP contribution in [0, 0.1) is 0 Å². The maximum atomic E-state index is 9.92. The average Bonchev–Trinajstić information content (AvgIpc) is 2.79. The minimum Gasteiger partial charge on any atom is -0.507 e. The summed E-state index contributed by atoms with van der Waals surface area (Å²) in [6.45, 7) is 0. The second-order valence-electron chi connectivity index (χ2n) is 6.65. The number of hydrogen-bond donors (Lipinski definition) is 2. The van der Waals surface area contributed by atoms with Gasteiger partial charge in [-0.3, -0.25) is 5.43 Å². The van der Waals surface area contributed by atoms with E-state index in [0.717, 1.165) is 33.6 Å². The second-order valence-corrected chi connectivity index (χ2v) is 6.65. The molecule has 0 spiro atoms. The fourth-order valence-corrected chi connectivity index (χ4v) is 3.04. The van der Waals surface area contributed by atoms with Crippen molar-refractivity contribution in [3.05, 3.63) is 95.7 Å². The first-order chi connectivity index (χ1) is 14.7. The summed E-state index contributed by atoms with van der Waals surface area (Å²) in [5, 5.41) is 15.1. The highest BCUT2D eigenvalue weighted by molar-refractivity contribution is 5.94. The molecule has 0 bridgehead atoms. The number of fused-ring (bicyclic) bond motifs is 1. The molecule has 0 radical (unpaired) electrons. The van der Waals surface area contributed by atoms with E-state index >= 15 is 0 Å². The van der Waals surface area contributed by atoms with Gasteiger partial charge < -0.3 is 9.84 Å². The monoisotopic (exact) mass is 395 g/mol. The van der Waals surface area contributed by atoms with Crippen LogP contribution in [0.25, 0.3) is 23.1 Å². The number of rotatable bonds is 6. The number of anilines is 1. The Labute approximate surface area is 175 Å². The summed E-state index contributed by atoms with van der Waals surface area (Å²) in [6.07, 6.45) is 5.57. The summed E-state index contributed by atoms with van der Waals surface area (Å²) < 4.78 is 5.36. The van der Waals surface area contributed by atoms with Gasteiger partial charge in [0.25, 0.3) is 0 Å². The number of benzene rings is 3. The number of aromatic hydroxyl groups is 1. The largest absolute Gasteiger partial charge is 0.507 e. The predicted octanol–water partition coefficient (Wildman–Crippen LogP) is 5.57. The van der Waals surface area contributed by atoms with Crippen LogP contribution in [0.1, 0.15) is 16.8 Å². The molecule has 0 unspecified atom stereocenters. The van der Waals surface area contributed by atoms with Gasteiger partial charge >= 0.3 is 0 Å². The molecular formula is C25H21N3O2. The molecule has 1 heterocycles. The van der Waals surface area contributed by atoms with E-state index in [2.05, 4.69) is 10.5 Å². The number of aromatic nitrogens is 1. The van der Waals surface area contributed by atoms with Crippen LogP contribution in [-0.2, 0) is 0 Å². The quantitative estimate of drug-likeness (QED) is 0.331. The normalized spacial score (nSPS) is 11.4. The standard InChI is InChI=1S/C25H21N3O2/c1-30-21-13-14-23-22(16-21)24(28-26-17-19-9-5-6-10-25(19)29)15-20(27-23)12-11-18-7-3-2-4-8-18/h2-17,29H,1H3,(H,27,28). The number of nitrogens with one attached hydrogen (secondary N) is 1. The lowest BCUT2D eigenvalue weighted by Gasteiger charge is -2.09. The van der Waals surface area contributed by atoms with Crippen molar-refractivity contribution in [1.82, 2.24) is 4.98 Å². The van der Waals surface area contributed by atoms with Gasteiger partial charge in [0.2, 0.25) is 0 Å². The van der Waals surface area contributed by atoms with Gasteiger partial charge in [-0.15, -0.1) is 0 Å². The molecule has 30 heavy (non-hydrogen) atoms. The number of nitrogens with zero attached hydrogens (tertiary/aromatic N) is 2. The summed E-state index contributed by atoms with van der Waals surface area (Å²) in [7, 11) is 1.63. The molecule has 5 heteroatoms. The second kappa shape index (κ2) is 8.92. The van der Waals surface area contributed by atoms with E-state index in [-0.39, 0.29) is 5.75 Å². The fraction of sp³-hybridized carbons (Fsp3) is 0.0400. The third kappa shape index (κ3) is 4.47. The number of hydrazone groups is 1. The van der Waals surface area contributed by atoms with Crippen LogP contribution >= 0.6 is 0 Å². The maximum Gasteiger partial charge on any atom is 0.124 e. The van der Waals surface area contributed by atoms with Gasteiger partial charge in [-0.25, -0.2) is 4.98 Å². The molecule has 3 aromatic carbocycles. The van der Waals surface area contributed by atoms with E-state index in [0.29, 0.717) is 5.56 Å². The highest BCUT2D eigenvalue weighted by Crippen LogP contribution is 2.28. The smallest absolute Gasteiger partial charge is 0.124 e. The zero-order valence-electron chi connectivity index (χ0n) is 16.5. The molecule has 0 aliphatic carbocycles. The van der Waals surface area contributed by atoms with Gasteiger partial charge in [0.1, 0.15) is 11.5 Å². The van der Waals surface area contributed by atoms with Crippen LogP contribution in [0.4, 0.5) is 5.69 Å². The molecular weight excluding hydrogens is 374 g/mol. The zero-order valence-corrected chi connectivity index (χ0v) is 16.5. The number of ether oxygens (including phenoxy) is 1. The Morgan fingerprint density at radius 3 is 2.53 bits per heavy atom. The fourth-order valence-electron chi connectivity index (χ4n) is 3.04. The summed E-state index contributed by atoms with van der Waals surface area (Å²) in [6, 6.07) is 24.8. The van der Waals surface area contributed by atoms with E-state index in [9.17, 15) is 5.11 Å². The maximum absolute atomic E-state index is 9.92. The number of phenolic OH excluding ortho intramolecular Hbond substituents is 1. The highest BCUT2D eigenvalue weighted by Gasteiger charge is 2.06. The molecule has 5 nitrogen and oxygen atoms in total. The first kappa shape index (κ1) is 19.2. The SMILES string of the molecule is COc1ccc2nc(C=Cc3ccccc3)cc(NN=Cc3ccccc3O)c2c1. The van der Waals surface area contributed by atoms with Crippen LogP contribution in [0.2, 0.25) is 0 Å². The van der Waals surface area contributed by atoms with Crippen LogP contribution in [0.15, 0.2) is 84.0 Å². The molecule has 0 saturated heterocycles. The lowest BCUT2D eigenvalue weighted by Crippen LogP contribution is -1.96. The Bertz CT molecular complexity index is 1220. The molecule has 4 rings (SSSR count). The van der Waals surface area contributed by atoms with Gasteiger partial charge in [0, 0.05) is 10.9 Å². The van der Waals surface area contributed by atoms with E-state index in [1.807, 2.05) is 72.8 Å². The van der Waals surface area contributed by atoms with Crippen LogP contribution in [-0.4, -0.2) is 23.4 Å². The summed E-state index contributed by atoms with van der Waals surface area (Å²) in [5.41, 5.74) is 7.23. The van der Waals surface area contributed by atoms with Crippen LogP contribution in [0.5, 0.6) is 11.5 Å². The van der Waals surface area contributed by atoms with Crippen molar-refractivity contribution in [2.24, 2.45) is 5.10 Å². The van der Waals surface area contributed by atoms with Crippen molar-refractivity contribution in [2.75, 3.05) is 12.5 Å². The van der Waals surface area contributed by atoms with Crippen LogP contribution < -0.4 is 10.2 Å². The Morgan fingerprint density at radius 1 is 0.933 bits per heavy atom. The van der Waals surface area contributed by atoms with Gasteiger partial charge in [-0.1, -0.05) is 48.5 Å². The summed E-state index contributed by atoms with van der Waals surface area (Å²) in [5.74, 6) is 0.917. The van der Waals surface area contributed by atoms with E-state index in [1.54, 1.807) is 31.5 Å². The first-order valence-corrected chi connectivity index (χ1v) is 9.52. The molecule has 4 aromatic rings. The molecule has 0 aliphatic heterocycles. The Morgan fingerprint density at radius 2 is 1.73 bits per heavy atom. The molecule has 0 fully saturated rings. The number of methoxy groups -OCH3 is 1. The summed E-state index contributed by atoms with van der Waals surface area (Å²) in [4.78, 5) is 4.73. The first-order valence-electron chi connectivity index (χ1n) is 9.52. The van der Waals surface area contributed by atoms with Gasteiger partial charge in [-0.2, -0.15) is 5.10 Å². The molecule has 2 N–H and O–H groups in total. The topological polar surface area (TPSA) is 66.7 Å². The lowest BCUT2D eigenvalue weighted by atomic mass is 10.1. The van der Waals surface area contributed by atoms with Crippen molar-refractivity contribution >= 4 is 35.0 Å². The van der Waals surface area contributed by atoms with Crippen molar-refractivity contribution in [1.29, 1.82) is 0 Å². The van der Waals surface area contributed by atoms with E-state index < -0.39 is 0 Å². The Balaban J connectivity index is 1.69. The average molecular weight is 395 g/mol. The van der Waals surface area contributed by atoms with E-state index in [4.69, 9.17) is 9.72 Å². The van der Waals surface area contributed by atoms with Gasteiger partial charge in [0.15, 0.2) is 0 Å². The lowest BCUT2D eigenvalue weighted by molar-refractivity contribution is 0.415. The Hall–Kier alpha value is -4.12. The molecule has 0 saturated carbocycles. The van der Waals surface area contributed by atoms with Crippen molar-refractivity contribution < 1.29 is 9.84 Å².